The molecule has 0 radical (unpaired) electrons. The second-order valence-electron chi connectivity index (χ2n) is 14.8. The van der Waals surface area contributed by atoms with E-state index in [4.69, 9.17) is 24.8 Å². The molecule has 0 aromatic rings. The van der Waals surface area contributed by atoms with Crippen molar-refractivity contribution in [3.63, 3.8) is 0 Å². The van der Waals surface area contributed by atoms with Crippen molar-refractivity contribution in [1.82, 2.24) is 0 Å². The molecule has 55 heavy (non-hydrogen) atoms. The number of phosphoric ester groups is 1. The second-order valence-corrected chi connectivity index (χ2v) is 16.3. The maximum atomic E-state index is 12.6. The quantitative estimate of drug-likeness (QED) is 0.0232. The van der Waals surface area contributed by atoms with E-state index in [1.807, 2.05) is 0 Å². The summed E-state index contributed by atoms with van der Waals surface area (Å²) in [6.45, 7) is 2.77. The van der Waals surface area contributed by atoms with E-state index in [1.54, 1.807) is 0 Å². The van der Waals surface area contributed by atoms with Crippen LogP contribution in [0.5, 0.6) is 0 Å². The highest BCUT2D eigenvalue weighted by atomic mass is 31.2. The number of carbonyl (C=O) groups excluding carboxylic acids is 2. The summed E-state index contributed by atoms with van der Waals surface area (Å²) in [7, 11) is -4.71. The molecule has 3 atom stereocenters. The SMILES string of the molecule is CCCCC/C=C\CCCCCCCC(=O)OCC(COP(=O)(O)OCC(N)C(=O)O)OC(=O)CCCCCCCCCCC/C=C\CCCCCCCC. The van der Waals surface area contributed by atoms with Gasteiger partial charge < -0.3 is 25.2 Å². The third-order valence-electron chi connectivity index (χ3n) is 9.42. The number of rotatable bonds is 41. The average molecular weight is 802 g/mol. The van der Waals surface area contributed by atoms with Crippen molar-refractivity contribution in [3.8, 4) is 0 Å². The van der Waals surface area contributed by atoms with Crippen molar-refractivity contribution >= 4 is 25.7 Å². The molecule has 0 saturated carbocycles. The van der Waals surface area contributed by atoms with Gasteiger partial charge in [0.05, 0.1) is 13.2 Å². The molecule has 0 rings (SSSR count). The van der Waals surface area contributed by atoms with Gasteiger partial charge in [0.15, 0.2) is 6.10 Å². The summed E-state index contributed by atoms with van der Waals surface area (Å²) < 4.78 is 32.7. The van der Waals surface area contributed by atoms with Gasteiger partial charge in [-0.2, -0.15) is 0 Å². The van der Waals surface area contributed by atoms with Gasteiger partial charge in [0.25, 0.3) is 0 Å². The molecule has 0 aliphatic carbocycles. The van der Waals surface area contributed by atoms with Crippen molar-refractivity contribution in [3.05, 3.63) is 24.3 Å². The summed E-state index contributed by atoms with van der Waals surface area (Å²) in [4.78, 5) is 45.9. The van der Waals surface area contributed by atoms with E-state index in [1.165, 1.54) is 103 Å². The van der Waals surface area contributed by atoms with Gasteiger partial charge in [0, 0.05) is 12.8 Å². The molecule has 0 heterocycles. The Hall–Kier alpha value is -2.04. The molecule has 4 N–H and O–H groups in total. The number of carbonyl (C=O) groups is 3. The van der Waals surface area contributed by atoms with E-state index in [2.05, 4.69) is 42.7 Å². The Morgan fingerprint density at radius 1 is 0.545 bits per heavy atom. The lowest BCUT2D eigenvalue weighted by atomic mass is 10.1. The topological polar surface area (TPSA) is 172 Å². The van der Waals surface area contributed by atoms with E-state index in [0.717, 1.165) is 57.8 Å². The van der Waals surface area contributed by atoms with Gasteiger partial charge in [-0.25, -0.2) is 4.57 Å². The highest BCUT2D eigenvalue weighted by Crippen LogP contribution is 2.43. The first-order valence-corrected chi connectivity index (χ1v) is 23.4. The Morgan fingerprint density at radius 3 is 1.36 bits per heavy atom. The van der Waals surface area contributed by atoms with E-state index < -0.39 is 51.1 Å². The first-order chi connectivity index (χ1) is 26.6. The molecular weight excluding hydrogens is 721 g/mol. The molecule has 11 nitrogen and oxygen atoms in total. The number of hydrogen-bond acceptors (Lipinski definition) is 9. The fraction of sp³-hybridized carbons (Fsp3) is 0.837. The van der Waals surface area contributed by atoms with Gasteiger partial charge in [0.1, 0.15) is 12.6 Å². The molecular formula is C43H80NO10P. The highest BCUT2D eigenvalue weighted by molar-refractivity contribution is 7.47. The highest BCUT2D eigenvalue weighted by Gasteiger charge is 2.28. The van der Waals surface area contributed by atoms with E-state index in [-0.39, 0.29) is 19.4 Å². The summed E-state index contributed by atoms with van der Waals surface area (Å²) in [5.41, 5.74) is 5.33. The fourth-order valence-corrected chi connectivity index (χ4v) is 6.71. The Balaban J connectivity index is 4.32. The standard InChI is InChI=1S/C43H80NO10P/c1-3-5-7-9-11-13-15-17-18-19-20-21-22-23-25-27-29-31-33-35-42(46)54-39(37-52-55(49,50)53-38-40(44)43(47)48)36-51-41(45)34-32-30-28-26-24-16-14-12-10-8-6-4-2/h12,14,17-18,39-40H,3-11,13,15-16,19-38,44H2,1-2H3,(H,47,48)(H,49,50)/b14-12-,18-17-. The van der Waals surface area contributed by atoms with Crippen LogP contribution in [0.1, 0.15) is 200 Å². The fourth-order valence-electron chi connectivity index (χ4n) is 5.94. The molecule has 0 bridgehead atoms. The molecule has 0 spiro atoms. The third-order valence-corrected chi connectivity index (χ3v) is 10.4. The number of unbranched alkanes of at least 4 members (excludes halogenated alkanes) is 23. The number of aliphatic carboxylic acids is 1. The van der Waals surface area contributed by atoms with Crippen LogP contribution in [0, 0.1) is 0 Å². The molecule has 0 saturated heterocycles. The van der Waals surface area contributed by atoms with Gasteiger partial charge in [0.2, 0.25) is 0 Å². The first-order valence-electron chi connectivity index (χ1n) is 21.9. The number of allylic oxidation sites excluding steroid dienone is 4. The van der Waals surface area contributed by atoms with E-state index in [9.17, 15) is 23.8 Å². The summed E-state index contributed by atoms with van der Waals surface area (Å²) in [5, 5.41) is 8.88. The minimum atomic E-state index is -4.71. The molecule has 0 amide bonds. The van der Waals surface area contributed by atoms with Gasteiger partial charge in [-0.1, -0.05) is 147 Å². The van der Waals surface area contributed by atoms with Crippen LogP contribution in [-0.2, 0) is 37.5 Å². The molecule has 322 valence electrons. The number of carboxylic acid groups (broad SMARTS) is 1. The largest absolute Gasteiger partial charge is 0.480 e. The molecule has 0 fully saturated rings. The van der Waals surface area contributed by atoms with Crippen molar-refractivity contribution in [2.45, 2.75) is 212 Å². The van der Waals surface area contributed by atoms with Crippen LogP contribution >= 0.6 is 7.82 Å². The molecule has 3 unspecified atom stereocenters. The maximum absolute atomic E-state index is 12.6. The Bertz CT molecular complexity index is 1040. The van der Waals surface area contributed by atoms with Crippen molar-refractivity contribution in [1.29, 1.82) is 0 Å². The Morgan fingerprint density at radius 2 is 0.909 bits per heavy atom. The molecule has 0 aliphatic heterocycles. The van der Waals surface area contributed by atoms with Crippen LogP contribution in [0.4, 0.5) is 0 Å². The zero-order chi connectivity index (χ0) is 40.7. The first kappa shape index (κ1) is 53.0. The maximum Gasteiger partial charge on any atom is 0.472 e. The van der Waals surface area contributed by atoms with Crippen molar-refractivity contribution < 1.29 is 47.5 Å². The zero-order valence-corrected chi connectivity index (χ0v) is 35.7. The van der Waals surface area contributed by atoms with Gasteiger partial charge in [-0.3, -0.25) is 23.4 Å². The monoisotopic (exact) mass is 802 g/mol. The van der Waals surface area contributed by atoms with Crippen LogP contribution in [0.15, 0.2) is 24.3 Å². The Labute approximate surface area is 334 Å². The van der Waals surface area contributed by atoms with E-state index in [0.29, 0.717) is 12.8 Å². The van der Waals surface area contributed by atoms with Crippen LogP contribution in [-0.4, -0.2) is 59.9 Å². The summed E-state index contributed by atoms with van der Waals surface area (Å²) in [6, 6.07) is -1.52. The molecule has 12 heteroatoms. The minimum Gasteiger partial charge on any atom is -0.480 e. The van der Waals surface area contributed by atoms with Crippen LogP contribution in [0.3, 0.4) is 0 Å². The number of ether oxygens (including phenoxy) is 2. The Kier molecular flexibility index (Phi) is 37.4. The van der Waals surface area contributed by atoms with Crippen molar-refractivity contribution in [2.24, 2.45) is 5.73 Å². The number of carboxylic acids is 1. The van der Waals surface area contributed by atoms with Crippen LogP contribution < -0.4 is 5.73 Å². The predicted octanol–water partition coefficient (Wildman–Crippen LogP) is 11.5. The van der Waals surface area contributed by atoms with Crippen LogP contribution in [0.2, 0.25) is 0 Å². The van der Waals surface area contributed by atoms with Gasteiger partial charge in [-0.15, -0.1) is 0 Å². The van der Waals surface area contributed by atoms with E-state index >= 15 is 0 Å². The molecule has 0 aromatic carbocycles. The number of hydrogen-bond donors (Lipinski definition) is 3. The second kappa shape index (κ2) is 38.8. The summed E-state index contributed by atoms with van der Waals surface area (Å²) in [5.74, 6) is -2.39. The lowest BCUT2D eigenvalue weighted by Gasteiger charge is -2.20. The number of nitrogens with two attached hydrogens (primary N) is 1. The zero-order valence-electron chi connectivity index (χ0n) is 34.8. The predicted molar refractivity (Wildman–Crippen MR) is 222 cm³/mol. The molecule has 0 aromatic heterocycles. The smallest absolute Gasteiger partial charge is 0.472 e. The lowest BCUT2D eigenvalue weighted by molar-refractivity contribution is -0.161. The minimum absolute atomic E-state index is 0.159. The number of esters is 2. The average Bonchev–Trinajstić information content (AvgIpc) is 3.16. The summed E-state index contributed by atoms with van der Waals surface area (Å²) in [6.07, 6.45) is 39.6. The lowest BCUT2D eigenvalue weighted by Crippen LogP contribution is -2.34. The van der Waals surface area contributed by atoms with Gasteiger partial charge >= 0.3 is 25.7 Å². The van der Waals surface area contributed by atoms with Gasteiger partial charge in [-0.05, 0) is 64.2 Å². The number of phosphoric acid groups is 1. The molecule has 0 aliphatic rings. The summed E-state index contributed by atoms with van der Waals surface area (Å²) >= 11 is 0. The van der Waals surface area contributed by atoms with Crippen LogP contribution in [0.25, 0.3) is 0 Å². The van der Waals surface area contributed by atoms with Crippen molar-refractivity contribution in [2.75, 3.05) is 19.8 Å². The third kappa shape index (κ3) is 38.6. The normalized spacial score (nSPS) is 14.0.